The lowest BCUT2D eigenvalue weighted by Crippen LogP contribution is -2.07. The Bertz CT molecular complexity index is 269. The Labute approximate surface area is 84.6 Å². The Morgan fingerprint density at radius 1 is 1.07 bits per heavy atom. The monoisotopic (exact) mass is 196 g/mol. The van der Waals surface area contributed by atoms with Crippen LogP contribution in [0.1, 0.15) is 17.4 Å². The molecule has 14 heavy (non-hydrogen) atoms. The zero-order valence-electron chi connectivity index (χ0n) is 8.82. The molecule has 0 aliphatic heterocycles. The van der Waals surface area contributed by atoms with Gasteiger partial charge in [0.05, 0.1) is 6.61 Å². The highest BCUT2D eigenvalue weighted by molar-refractivity contribution is 5.27. The molecule has 0 fully saturated rings. The molecule has 1 aromatic rings. The third-order valence-electron chi connectivity index (χ3n) is 2.04. The van der Waals surface area contributed by atoms with Crippen LogP contribution in [0.2, 0.25) is 0 Å². The fourth-order valence-corrected chi connectivity index (χ4v) is 1.40. The number of ether oxygens (including phenoxy) is 3. The fraction of sp³-hybridized carbons (Fsp3) is 0.455. The maximum Gasteiger partial charge on any atom is 0.183 e. The molecule has 0 heterocycles. The van der Waals surface area contributed by atoms with Gasteiger partial charge in [-0.25, -0.2) is 0 Å². The molecular formula is C11H16O3. The molecule has 78 valence electrons. The minimum Gasteiger partial charge on any atom is -0.380 e. The first-order valence-electron chi connectivity index (χ1n) is 4.45. The van der Waals surface area contributed by atoms with Crippen LogP contribution in [0.3, 0.4) is 0 Å². The third-order valence-corrected chi connectivity index (χ3v) is 2.04. The molecule has 0 unspecified atom stereocenters. The number of hydrogen-bond acceptors (Lipinski definition) is 3. The maximum atomic E-state index is 5.19. The molecule has 1 aromatic carbocycles. The summed E-state index contributed by atoms with van der Waals surface area (Å²) in [6.07, 6.45) is -0.318. The van der Waals surface area contributed by atoms with E-state index in [0.717, 1.165) is 11.1 Å². The average Bonchev–Trinajstić information content (AvgIpc) is 2.23. The molecule has 3 nitrogen and oxygen atoms in total. The number of hydrogen-bond donors (Lipinski definition) is 0. The molecule has 0 aliphatic rings. The van der Waals surface area contributed by atoms with Gasteiger partial charge in [-0.1, -0.05) is 24.3 Å². The Morgan fingerprint density at radius 2 is 1.71 bits per heavy atom. The zero-order valence-corrected chi connectivity index (χ0v) is 8.82. The SMILES string of the molecule is COCc1ccccc1C(OC)OC. The van der Waals surface area contributed by atoms with Crippen LogP contribution >= 0.6 is 0 Å². The molecule has 0 saturated carbocycles. The molecule has 0 spiro atoms. The van der Waals surface area contributed by atoms with Gasteiger partial charge in [-0.15, -0.1) is 0 Å². The van der Waals surface area contributed by atoms with Crippen molar-refractivity contribution in [2.45, 2.75) is 12.9 Å². The van der Waals surface area contributed by atoms with Crippen molar-refractivity contribution in [1.29, 1.82) is 0 Å². The third kappa shape index (κ3) is 2.54. The van der Waals surface area contributed by atoms with Crippen molar-refractivity contribution in [3.8, 4) is 0 Å². The van der Waals surface area contributed by atoms with Crippen molar-refractivity contribution in [2.24, 2.45) is 0 Å². The topological polar surface area (TPSA) is 27.7 Å². The van der Waals surface area contributed by atoms with Gasteiger partial charge < -0.3 is 14.2 Å². The standard InChI is InChI=1S/C11H16O3/c1-12-8-9-6-4-5-7-10(9)11(13-2)14-3/h4-7,11H,8H2,1-3H3. The van der Waals surface area contributed by atoms with E-state index in [-0.39, 0.29) is 6.29 Å². The Kier molecular flexibility index (Phi) is 4.59. The summed E-state index contributed by atoms with van der Waals surface area (Å²) in [4.78, 5) is 0. The van der Waals surface area contributed by atoms with Crippen LogP contribution in [0, 0.1) is 0 Å². The van der Waals surface area contributed by atoms with Gasteiger partial charge in [-0.05, 0) is 5.56 Å². The van der Waals surface area contributed by atoms with Crippen LogP contribution in [0.4, 0.5) is 0 Å². The smallest absolute Gasteiger partial charge is 0.183 e. The molecule has 0 aliphatic carbocycles. The summed E-state index contributed by atoms with van der Waals surface area (Å²) >= 11 is 0. The molecule has 0 N–H and O–H groups in total. The van der Waals surface area contributed by atoms with Crippen molar-refractivity contribution in [1.82, 2.24) is 0 Å². The number of benzene rings is 1. The molecule has 0 atom stereocenters. The summed E-state index contributed by atoms with van der Waals surface area (Å²) in [6, 6.07) is 7.91. The van der Waals surface area contributed by atoms with Crippen LogP contribution in [-0.4, -0.2) is 21.3 Å². The van der Waals surface area contributed by atoms with E-state index in [9.17, 15) is 0 Å². The predicted octanol–water partition coefficient (Wildman–Crippen LogP) is 2.12. The van der Waals surface area contributed by atoms with Crippen LogP contribution in [0.5, 0.6) is 0 Å². The lowest BCUT2D eigenvalue weighted by atomic mass is 10.1. The van der Waals surface area contributed by atoms with Gasteiger partial charge in [0, 0.05) is 26.9 Å². The lowest BCUT2D eigenvalue weighted by Gasteiger charge is -2.17. The van der Waals surface area contributed by atoms with Gasteiger partial charge in [0.15, 0.2) is 6.29 Å². The molecule has 3 heteroatoms. The average molecular weight is 196 g/mol. The van der Waals surface area contributed by atoms with Crippen LogP contribution in [-0.2, 0) is 20.8 Å². The molecule has 0 saturated heterocycles. The second kappa shape index (κ2) is 5.75. The summed E-state index contributed by atoms with van der Waals surface area (Å²) < 4.78 is 15.5. The number of methoxy groups -OCH3 is 3. The van der Waals surface area contributed by atoms with Gasteiger partial charge >= 0.3 is 0 Å². The van der Waals surface area contributed by atoms with Crippen molar-refractivity contribution in [3.63, 3.8) is 0 Å². The molecular weight excluding hydrogens is 180 g/mol. The van der Waals surface area contributed by atoms with Crippen LogP contribution < -0.4 is 0 Å². The normalized spacial score (nSPS) is 10.9. The van der Waals surface area contributed by atoms with Crippen molar-refractivity contribution in [3.05, 3.63) is 35.4 Å². The quantitative estimate of drug-likeness (QED) is 0.675. The van der Waals surface area contributed by atoms with Crippen LogP contribution in [0.15, 0.2) is 24.3 Å². The summed E-state index contributed by atoms with van der Waals surface area (Å²) in [5.74, 6) is 0. The summed E-state index contributed by atoms with van der Waals surface area (Å²) in [5.41, 5.74) is 2.10. The van der Waals surface area contributed by atoms with Gasteiger partial charge in [0.25, 0.3) is 0 Å². The summed E-state index contributed by atoms with van der Waals surface area (Å²) in [5, 5.41) is 0. The van der Waals surface area contributed by atoms with Crippen molar-refractivity contribution >= 4 is 0 Å². The van der Waals surface area contributed by atoms with E-state index in [1.165, 1.54) is 0 Å². The van der Waals surface area contributed by atoms with E-state index >= 15 is 0 Å². The van der Waals surface area contributed by atoms with E-state index in [2.05, 4.69) is 0 Å². The largest absolute Gasteiger partial charge is 0.380 e. The molecule has 0 aromatic heterocycles. The highest BCUT2D eigenvalue weighted by Crippen LogP contribution is 2.21. The van der Waals surface area contributed by atoms with E-state index in [1.54, 1.807) is 21.3 Å². The van der Waals surface area contributed by atoms with E-state index in [0.29, 0.717) is 6.61 Å². The van der Waals surface area contributed by atoms with Crippen molar-refractivity contribution in [2.75, 3.05) is 21.3 Å². The summed E-state index contributed by atoms with van der Waals surface area (Å²) in [6.45, 7) is 0.569. The van der Waals surface area contributed by atoms with Gasteiger partial charge in [0.2, 0.25) is 0 Å². The first-order chi connectivity index (χ1) is 6.83. The van der Waals surface area contributed by atoms with Gasteiger partial charge in [-0.2, -0.15) is 0 Å². The second-order valence-corrected chi connectivity index (χ2v) is 2.94. The van der Waals surface area contributed by atoms with Crippen LogP contribution in [0.25, 0.3) is 0 Å². The van der Waals surface area contributed by atoms with E-state index in [4.69, 9.17) is 14.2 Å². The van der Waals surface area contributed by atoms with Crippen molar-refractivity contribution < 1.29 is 14.2 Å². The lowest BCUT2D eigenvalue weighted by molar-refractivity contribution is -0.106. The van der Waals surface area contributed by atoms with E-state index in [1.807, 2.05) is 24.3 Å². The zero-order chi connectivity index (χ0) is 10.4. The van der Waals surface area contributed by atoms with Gasteiger partial charge in [0.1, 0.15) is 0 Å². The fourth-order valence-electron chi connectivity index (χ4n) is 1.40. The molecule has 1 rings (SSSR count). The molecule has 0 bridgehead atoms. The Hall–Kier alpha value is -0.900. The highest BCUT2D eigenvalue weighted by atomic mass is 16.7. The second-order valence-electron chi connectivity index (χ2n) is 2.94. The first kappa shape index (κ1) is 11.2. The Balaban J connectivity index is 2.92. The summed E-state index contributed by atoms with van der Waals surface area (Å²) in [7, 11) is 4.92. The Morgan fingerprint density at radius 3 is 2.29 bits per heavy atom. The maximum absolute atomic E-state index is 5.19. The predicted molar refractivity (Wildman–Crippen MR) is 53.9 cm³/mol. The molecule has 0 amide bonds. The number of rotatable bonds is 5. The minimum absolute atomic E-state index is 0.318. The minimum atomic E-state index is -0.318. The highest BCUT2D eigenvalue weighted by Gasteiger charge is 2.12. The van der Waals surface area contributed by atoms with Gasteiger partial charge in [-0.3, -0.25) is 0 Å². The van der Waals surface area contributed by atoms with E-state index < -0.39 is 0 Å². The molecule has 0 radical (unpaired) electrons. The first-order valence-corrected chi connectivity index (χ1v) is 4.45.